The van der Waals surface area contributed by atoms with E-state index in [-0.39, 0.29) is 11.9 Å². The van der Waals surface area contributed by atoms with E-state index in [1.165, 1.54) is 11.3 Å². The zero-order chi connectivity index (χ0) is 12.4. The van der Waals surface area contributed by atoms with E-state index in [2.05, 4.69) is 17.6 Å². The molecule has 1 aromatic heterocycles. The fourth-order valence-electron chi connectivity index (χ4n) is 1.97. The van der Waals surface area contributed by atoms with E-state index in [1.807, 2.05) is 0 Å². The van der Waals surface area contributed by atoms with Crippen molar-refractivity contribution in [1.29, 1.82) is 0 Å². The molecule has 1 aliphatic rings. The number of nitrogens with one attached hydrogen (secondary N) is 2. The smallest absolute Gasteiger partial charge is 0.253 e. The quantitative estimate of drug-likeness (QED) is 0.880. The molecule has 3 nitrogen and oxygen atoms in total. The first-order chi connectivity index (χ1) is 8.08. The molecule has 2 heterocycles. The first-order valence-corrected chi connectivity index (χ1v) is 7.11. The molecule has 2 rings (SSSR count). The molecule has 1 saturated heterocycles. The fourth-order valence-corrected chi connectivity index (χ4v) is 3.43. The van der Waals surface area contributed by atoms with Crippen molar-refractivity contribution in [1.82, 2.24) is 10.6 Å². The van der Waals surface area contributed by atoms with Crippen molar-refractivity contribution >= 4 is 40.4 Å². The van der Waals surface area contributed by atoms with E-state index in [0.29, 0.717) is 20.2 Å². The Morgan fingerprint density at radius 1 is 1.59 bits per heavy atom. The molecule has 2 N–H and O–H groups in total. The van der Waals surface area contributed by atoms with Crippen molar-refractivity contribution in [2.75, 3.05) is 13.1 Å². The second kappa shape index (κ2) is 5.57. The Bertz CT molecular complexity index is 422. The Morgan fingerprint density at radius 2 is 2.35 bits per heavy atom. The lowest BCUT2D eigenvalue weighted by atomic mass is 9.95. The van der Waals surface area contributed by atoms with E-state index in [4.69, 9.17) is 23.2 Å². The average molecular weight is 293 g/mol. The van der Waals surface area contributed by atoms with Crippen LogP contribution in [0.25, 0.3) is 0 Å². The Kier molecular flexibility index (Phi) is 4.31. The van der Waals surface area contributed by atoms with Crippen molar-refractivity contribution in [3.8, 4) is 0 Å². The first kappa shape index (κ1) is 13.1. The minimum Gasteiger partial charge on any atom is -0.349 e. The van der Waals surface area contributed by atoms with Crippen molar-refractivity contribution in [3.63, 3.8) is 0 Å². The first-order valence-electron chi connectivity index (χ1n) is 5.54. The molecule has 0 bridgehead atoms. The van der Waals surface area contributed by atoms with Gasteiger partial charge in [0.1, 0.15) is 4.34 Å². The van der Waals surface area contributed by atoms with Gasteiger partial charge in [0.25, 0.3) is 5.91 Å². The molecule has 6 heteroatoms. The topological polar surface area (TPSA) is 41.1 Å². The fraction of sp³-hybridized carbons (Fsp3) is 0.545. The predicted molar refractivity (Wildman–Crippen MR) is 72.2 cm³/mol. The third-order valence-corrected chi connectivity index (χ3v) is 4.49. The number of carbonyl (C=O) groups excluding carboxylic acids is 1. The number of piperidine rings is 1. The SMILES string of the molecule is CC1CNCCC1NC(=O)c1cc(Cl)sc1Cl. The average Bonchev–Trinajstić information content (AvgIpc) is 2.61. The summed E-state index contributed by atoms with van der Waals surface area (Å²) in [5, 5.41) is 6.32. The summed E-state index contributed by atoms with van der Waals surface area (Å²) in [6.07, 6.45) is 0.947. The van der Waals surface area contributed by atoms with E-state index in [9.17, 15) is 4.79 Å². The summed E-state index contributed by atoms with van der Waals surface area (Å²) in [6.45, 7) is 4.00. The van der Waals surface area contributed by atoms with Crippen molar-refractivity contribution < 1.29 is 4.79 Å². The van der Waals surface area contributed by atoms with Gasteiger partial charge in [-0.15, -0.1) is 11.3 Å². The van der Waals surface area contributed by atoms with Gasteiger partial charge in [-0.05, 0) is 31.5 Å². The van der Waals surface area contributed by atoms with Crippen LogP contribution in [0.3, 0.4) is 0 Å². The molecule has 1 aliphatic heterocycles. The number of rotatable bonds is 2. The summed E-state index contributed by atoms with van der Waals surface area (Å²) in [7, 11) is 0. The molecular formula is C11H14Cl2N2OS. The molecule has 0 spiro atoms. The maximum atomic E-state index is 12.0. The molecule has 0 saturated carbocycles. The van der Waals surface area contributed by atoms with Gasteiger partial charge in [-0.25, -0.2) is 0 Å². The summed E-state index contributed by atoms with van der Waals surface area (Å²) in [4.78, 5) is 12.0. The maximum absolute atomic E-state index is 12.0. The lowest BCUT2D eigenvalue weighted by Gasteiger charge is -2.30. The number of amides is 1. The molecule has 0 radical (unpaired) electrons. The Hall–Kier alpha value is -0.290. The zero-order valence-electron chi connectivity index (χ0n) is 9.43. The largest absolute Gasteiger partial charge is 0.349 e. The highest BCUT2D eigenvalue weighted by Crippen LogP contribution is 2.31. The normalized spacial score (nSPS) is 24.6. The third-order valence-electron chi connectivity index (χ3n) is 3.00. The van der Waals surface area contributed by atoms with Crippen LogP contribution in [-0.4, -0.2) is 25.0 Å². The van der Waals surface area contributed by atoms with Gasteiger partial charge in [-0.2, -0.15) is 0 Å². The Labute approximate surface area is 114 Å². The van der Waals surface area contributed by atoms with Crippen LogP contribution in [0.5, 0.6) is 0 Å². The van der Waals surface area contributed by atoms with Gasteiger partial charge < -0.3 is 10.6 Å². The van der Waals surface area contributed by atoms with Gasteiger partial charge in [0.2, 0.25) is 0 Å². The molecule has 1 amide bonds. The number of hydrogen-bond donors (Lipinski definition) is 2. The lowest BCUT2D eigenvalue weighted by molar-refractivity contribution is 0.0915. The molecule has 0 aromatic carbocycles. The van der Waals surface area contributed by atoms with Crippen LogP contribution in [0, 0.1) is 5.92 Å². The number of carbonyl (C=O) groups is 1. The van der Waals surface area contributed by atoms with Crippen LogP contribution in [0.2, 0.25) is 8.67 Å². The van der Waals surface area contributed by atoms with Crippen LogP contribution >= 0.6 is 34.5 Å². The molecule has 0 aliphatic carbocycles. The van der Waals surface area contributed by atoms with Gasteiger partial charge in [0.15, 0.2) is 0 Å². The van der Waals surface area contributed by atoms with Crippen LogP contribution < -0.4 is 10.6 Å². The Morgan fingerprint density at radius 3 is 2.94 bits per heavy atom. The van der Waals surface area contributed by atoms with Gasteiger partial charge in [-0.1, -0.05) is 30.1 Å². The maximum Gasteiger partial charge on any atom is 0.253 e. The molecule has 17 heavy (non-hydrogen) atoms. The highest BCUT2D eigenvalue weighted by molar-refractivity contribution is 7.20. The summed E-state index contributed by atoms with van der Waals surface area (Å²) in [6, 6.07) is 1.83. The molecule has 2 atom stereocenters. The second-order valence-corrected chi connectivity index (χ2v) is 6.57. The van der Waals surface area contributed by atoms with Crippen LogP contribution in [-0.2, 0) is 0 Å². The minimum atomic E-state index is -0.128. The molecule has 94 valence electrons. The standard InChI is InChI=1S/C11H14Cl2N2OS/c1-6-5-14-3-2-8(6)15-11(16)7-4-9(12)17-10(7)13/h4,6,8,14H,2-3,5H2,1H3,(H,15,16). The predicted octanol–water partition coefficient (Wildman–Crippen LogP) is 2.78. The highest BCUT2D eigenvalue weighted by Gasteiger charge is 2.24. The number of halogens is 2. The third kappa shape index (κ3) is 3.13. The molecule has 1 aromatic rings. The number of hydrogen-bond acceptors (Lipinski definition) is 3. The van der Waals surface area contributed by atoms with Crippen molar-refractivity contribution in [2.24, 2.45) is 5.92 Å². The van der Waals surface area contributed by atoms with Crippen LogP contribution in [0.15, 0.2) is 6.07 Å². The molecule has 1 fully saturated rings. The van der Waals surface area contributed by atoms with E-state index in [0.717, 1.165) is 19.5 Å². The van der Waals surface area contributed by atoms with E-state index in [1.54, 1.807) is 6.07 Å². The van der Waals surface area contributed by atoms with E-state index < -0.39 is 0 Å². The highest BCUT2D eigenvalue weighted by atomic mass is 35.5. The van der Waals surface area contributed by atoms with Crippen molar-refractivity contribution in [3.05, 3.63) is 20.3 Å². The van der Waals surface area contributed by atoms with E-state index >= 15 is 0 Å². The van der Waals surface area contributed by atoms with Gasteiger partial charge in [-0.3, -0.25) is 4.79 Å². The van der Waals surface area contributed by atoms with Gasteiger partial charge in [0, 0.05) is 6.04 Å². The summed E-state index contributed by atoms with van der Waals surface area (Å²) >= 11 is 13.0. The summed E-state index contributed by atoms with van der Waals surface area (Å²) in [5.41, 5.74) is 0.479. The van der Waals surface area contributed by atoms with Crippen molar-refractivity contribution in [2.45, 2.75) is 19.4 Å². The molecular weight excluding hydrogens is 279 g/mol. The zero-order valence-corrected chi connectivity index (χ0v) is 11.8. The monoisotopic (exact) mass is 292 g/mol. The number of thiophene rings is 1. The van der Waals surface area contributed by atoms with Crippen LogP contribution in [0.1, 0.15) is 23.7 Å². The van der Waals surface area contributed by atoms with Gasteiger partial charge >= 0.3 is 0 Å². The Balaban J connectivity index is 2.03. The van der Waals surface area contributed by atoms with Gasteiger partial charge in [0.05, 0.1) is 9.90 Å². The lowest BCUT2D eigenvalue weighted by Crippen LogP contribution is -2.48. The van der Waals surface area contributed by atoms with Crippen LogP contribution in [0.4, 0.5) is 0 Å². The summed E-state index contributed by atoms with van der Waals surface area (Å²) < 4.78 is 0.993. The minimum absolute atomic E-state index is 0.128. The summed E-state index contributed by atoms with van der Waals surface area (Å²) in [5.74, 6) is 0.303. The molecule has 2 unspecified atom stereocenters. The second-order valence-electron chi connectivity index (χ2n) is 4.29.